The average molecular weight is 667 g/mol. The molecule has 0 amide bonds. The van der Waals surface area contributed by atoms with Gasteiger partial charge in [0.05, 0.1) is 0 Å². The third-order valence-corrected chi connectivity index (χ3v) is 7.85. The molecule has 0 aromatic carbocycles. The van der Waals surface area contributed by atoms with E-state index in [9.17, 15) is 51.1 Å². The van der Waals surface area contributed by atoms with E-state index in [4.69, 9.17) is 52.1 Å². The number of aliphatic hydroxyl groups is 10. The molecule has 4 saturated heterocycles. The molecular weight excluding hydrogens is 624 g/mol. The first-order chi connectivity index (χ1) is 21.3. The third-order valence-electron chi connectivity index (χ3n) is 7.85. The average Bonchev–Trinajstić information content (AvgIpc) is 3.03. The number of aliphatic hydroxyl groups excluding tert-OH is 10. The molecule has 20 atom stereocenters. The van der Waals surface area contributed by atoms with Crippen molar-refractivity contribution in [1.82, 2.24) is 0 Å². The van der Waals surface area contributed by atoms with E-state index in [0.717, 1.165) is 21.3 Å². The van der Waals surface area contributed by atoms with E-state index in [0.29, 0.717) is 0 Å². The van der Waals surface area contributed by atoms with Gasteiger partial charge in [0, 0.05) is 28.4 Å². The molecule has 4 fully saturated rings. The molecular formula is C24H42O21. The number of hydrogen-bond acceptors (Lipinski definition) is 21. The van der Waals surface area contributed by atoms with Crippen LogP contribution in [0.5, 0.6) is 0 Å². The first kappa shape index (κ1) is 37.0. The molecule has 0 saturated carbocycles. The molecule has 0 radical (unpaired) electrons. The molecule has 4 aliphatic rings. The second-order valence-corrected chi connectivity index (χ2v) is 10.7. The summed E-state index contributed by atoms with van der Waals surface area (Å²) in [7, 11) is 4.61. The van der Waals surface area contributed by atoms with Gasteiger partial charge < -0.3 is 103 Å². The first-order valence-corrected chi connectivity index (χ1v) is 13.8. The fraction of sp³-hybridized carbons (Fsp3) is 1.00. The van der Waals surface area contributed by atoms with Gasteiger partial charge in [0.2, 0.25) is 0 Å². The van der Waals surface area contributed by atoms with Gasteiger partial charge in [-0.15, -0.1) is 0 Å². The zero-order valence-corrected chi connectivity index (χ0v) is 24.5. The summed E-state index contributed by atoms with van der Waals surface area (Å²) in [6, 6.07) is 0. The summed E-state index contributed by atoms with van der Waals surface area (Å²) in [4.78, 5) is 0. The Kier molecular flexibility index (Phi) is 12.8. The fourth-order valence-corrected chi connectivity index (χ4v) is 5.25. The molecule has 10 N–H and O–H groups in total. The van der Waals surface area contributed by atoms with Gasteiger partial charge in [-0.1, -0.05) is 0 Å². The molecule has 45 heavy (non-hydrogen) atoms. The zero-order chi connectivity index (χ0) is 33.3. The topological polar surface area (TPSA) is 304 Å². The quantitative estimate of drug-likeness (QED) is 0.104. The monoisotopic (exact) mass is 666 g/mol. The van der Waals surface area contributed by atoms with E-state index in [1.54, 1.807) is 0 Å². The van der Waals surface area contributed by atoms with Crippen molar-refractivity contribution >= 4 is 0 Å². The Labute approximate surface area is 255 Å². The highest BCUT2D eigenvalue weighted by atomic mass is 16.8. The van der Waals surface area contributed by atoms with Gasteiger partial charge in [-0.2, -0.15) is 0 Å². The maximum atomic E-state index is 10.9. The van der Waals surface area contributed by atoms with Crippen LogP contribution in [-0.2, 0) is 52.1 Å². The smallest absolute Gasteiger partial charge is 0.189 e. The summed E-state index contributed by atoms with van der Waals surface area (Å²) < 4.78 is 58.6. The SMILES string of the molecule is COC1O[C@@H](O[C@@H]2C(OC)O[C@@H](O[C@@H]3C(OC)O[C@@H](O[C@@H]4C(OC)O[C@@H](O)C(O)C4O)C(O)C3O)C(O)C2O)C(O)C(O)[C@@H]1O. The molecule has 0 bridgehead atoms. The lowest BCUT2D eigenvalue weighted by Crippen LogP contribution is -2.67. The van der Waals surface area contributed by atoms with E-state index in [-0.39, 0.29) is 0 Å². The normalized spacial score (nSPS) is 52.9. The number of hydrogen-bond donors (Lipinski definition) is 10. The summed E-state index contributed by atoms with van der Waals surface area (Å²) in [5.41, 5.74) is 0. The molecule has 0 spiro atoms. The van der Waals surface area contributed by atoms with Gasteiger partial charge in [0.1, 0.15) is 73.2 Å². The minimum Gasteiger partial charge on any atom is -0.387 e. The minimum atomic E-state index is -1.93. The van der Waals surface area contributed by atoms with Gasteiger partial charge in [-0.05, 0) is 0 Å². The van der Waals surface area contributed by atoms with Crippen LogP contribution < -0.4 is 0 Å². The lowest BCUT2D eigenvalue weighted by atomic mass is 10.00. The van der Waals surface area contributed by atoms with Gasteiger partial charge in [0.15, 0.2) is 50.3 Å². The summed E-state index contributed by atoms with van der Waals surface area (Å²) in [6.07, 6.45) is -34.1. The Bertz CT molecular complexity index is 910. The Hall–Kier alpha value is -0.840. The molecule has 4 heterocycles. The Balaban J connectivity index is 1.43. The molecule has 21 nitrogen and oxygen atoms in total. The van der Waals surface area contributed by atoms with Crippen LogP contribution in [0, 0.1) is 0 Å². The van der Waals surface area contributed by atoms with Gasteiger partial charge in [-0.3, -0.25) is 0 Å². The van der Waals surface area contributed by atoms with Crippen molar-refractivity contribution in [2.24, 2.45) is 0 Å². The molecule has 0 aliphatic carbocycles. The fourth-order valence-electron chi connectivity index (χ4n) is 5.25. The van der Waals surface area contributed by atoms with Crippen LogP contribution in [0.25, 0.3) is 0 Å². The van der Waals surface area contributed by atoms with Crippen LogP contribution in [0.4, 0.5) is 0 Å². The van der Waals surface area contributed by atoms with Crippen molar-refractivity contribution in [3.63, 3.8) is 0 Å². The summed E-state index contributed by atoms with van der Waals surface area (Å²) >= 11 is 0. The maximum absolute atomic E-state index is 10.9. The highest BCUT2D eigenvalue weighted by Crippen LogP contribution is 2.34. The van der Waals surface area contributed by atoms with Crippen LogP contribution in [0.1, 0.15) is 0 Å². The van der Waals surface area contributed by atoms with Crippen molar-refractivity contribution < 1.29 is 103 Å². The van der Waals surface area contributed by atoms with E-state index in [1.807, 2.05) is 0 Å². The predicted molar refractivity (Wildman–Crippen MR) is 134 cm³/mol. The lowest BCUT2D eigenvalue weighted by molar-refractivity contribution is -0.426. The van der Waals surface area contributed by atoms with Crippen molar-refractivity contribution in [2.75, 3.05) is 28.4 Å². The third kappa shape index (κ3) is 7.44. The first-order valence-electron chi connectivity index (χ1n) is 13.8. The van der Waals surface area contributed by atoms with Crippen molar-refractivity contribution in [1.29, 1.82) is 0 Å². The molecule has 4 rings (SSSR count). The van der Waals surface area contributed by atoms with E-state index in [1.165, 1.54) is 7.11 Å². The van der Waals surface area contributed by atoms with Crippen molar-refractivity contribution in [2.45, 2.75) is 124 Å². The van der Waals surface area contributed by atoms with Crippen LogP contribution in [0.3, 0.4) is 0 Å². The highest BCUT2D eigenvalue weighted by Gasteiger charge is 2.55. The highest BCUT2D eigenvalue weighted by molar-refractivity contribution is 4.94. The van der Waals surface area contributed by atoms with Crippen molar-refractivity contribution in [3.05, 3.63) is 0 Å². The molecule has 264 valence electrons. The van der Waals surface area contributed by atoms with Gasteiger partial charge in [-0.25, -0.2) is 0 Å². The standard InChI is InChI=1S/C24H42O21/c1-35-18-10(30)5(25)11(31)19(43-18)40-15-7(27)13(33)21(45-23(15)37-3)41-16-8(28)12(32)20(44-24(16)38-4)39-14-6(26)9(29)17(34)42-22(14)36-2/h5-34H,1-4H3/t5?,6?,7?,8?,9?,10-,11?,12?,13?,14-,15-,16-,17+,18?,19+,20+,21+,22?,23?,24?/m0/s1. The van der Waals surface area contributed by atoms with Crippen LogP contribution >= 0.6 is 0 Å². The summed E-state index contributed by atoms with van der Waals surface area (Å²) in [5, 5.41) is 104. The Morgan fingerprint density at radius 2 is 0.600 bits per heavy atom. The number of ether oxygens (including phenoxy) is 11. The maximum Gasteiger partial charge on any atom is 0.189 e. The summed E-state index contributed by atoms with van der Waals surface area (Å²) in [6.45, 7) is 0. The van der Waals surface area contributed by atoms with E-state index >= 15 is 0 Å². The van der Waals surface area contributed by atoms with Gasteiger partial charge in [0.25, 0.3) is 0 Å². The van der Waals surface area contributed by atoms with Crippen LogP contribution in [0.15, 0.2) is 0 Å². The molecule has 21 heteroatoms. The molecule has 0 aromatic rings. The van der Waals surface area contributed by atoms with Crippen molar-refractivity contribution in [3.8, 4) is 0 Å². The molecule has 0 aromatic heterocycles. The number of methoxy groups -OCH3 is 4. The van der Waals surface area contributed by atoms with Crippen LogP contribution in [0.2, 0.25) is 0 Å². The zero-order valence-electron chi connectivity index (χ0n) is 24.5. The second kappa shape index (κ2) is 15.6. The lowest BCUT2D eigenvalue weighted by Gasteiger charge is -2.48. The van der Waals surface area contributed by atoms with Crippen LogP contribution in [-0.4, -0.2) is 203 Å². The number of rotatable bonds is 10. The molecule has 4 aliphatic heterocycles. The van der Waals surface area contributed by atoms with Gasteiger partial charge >= 0.3 is 0 Å². The minimum absolute atomic E-state index is 1.14. The predicted octanol–water partition coefficient (Wildman–Crippen LogP) is -7.30. The second-order valence-electron chi connectivity index (χ2n) is 10.7. The van der Waals surface area contributed by atoms with E-state index in [2.05, 4.69) is 0 Å². The molecule has 12 unspecified atom stereocenters. The summed E-state index contributed by atoms with van der Waals surface area (Å²) in [5.74, 6) is 0. The largest absolute Gasteiger partial charge is 0.387 e. The van der Waals surface area contributed by atoms with E-state index < -0.39 is 124 Å². The Morgan fingerprint density at radius 3 is 0.978 bits per heavy atom. The Morgan fingerprint density at radius 1 is 0.311 bits per heavy atom.